The monoisotopic (exact) mass is 590 g/mol. The number of nitrogens with zero attached hydrogens (tertiary/aromatic N) is 2. The highest BCUT2D eigenvalue weighted by molar-refractivity contribution is 6.13. The smallest absolute Gasteiger partial charge is 0.137 e. The Bertz CT molecular complexity index is 2790. The van der Waals surface area contributed by atoms with Crippen LogP contribution in [0.2, 0.25) is 0 Å². The number of furan rings is 2. The second-order valence-electron chi connectivity index (χ2n) is 12.5. The van der Waals surface area contributed by atoms with Gasteiger partial charge < -0.3 is 18.3 Å². The number of para-hydroxylation sites is 3. The molecule has 2 aliphatic rings. The summed E-state index contributed by atoms with van der Waals surface area (Å²) in [5.41, 5.74) is 10.9. The van der Waals surface area contributed by atoms with Crippen molar-refractivity contribution in [3.05, 3.63) is 151 Å². The van der Waals surface area contributed by atoms with Crippen LogP contribution < -0.4 is 4.90 Å². The van der Waals surface area contributed by atoms with Gasteiger partial charge in [-0.15, -0.1) is 0 Å². The summed E-state index contributed by atoms with van der Waals surface area (Å²) in [5.74, 6) is 0.188. The highest BCUT2D eigenvalue weighted by Crippen LogP contribution is 2.52. The van der Waals surface area contributed by atoms with Crippen molar-refractivity contribution in [2.75, 3.05) is 4.90 Å². The van der Waals surface area contributed by atoms with Crippen LogP contribution in [0.15, 0.2) is 154 Å². The summed E-state index contributed by atoms with van der Waals surface area (Å²) in [7, 11) is 0. The van der Waals surface area contributed by atoms with E-state index < -0.39 is 0 Å². The van der Waals surface area contributed by atoms with Crippen LogP contribution in [0.4, 0.5) is 11.4 Å². The number of rotatable bonds is 2. The first-order valence-corrected chi connectivity index (χ1v) is 15.9. The Balaban J connectivity index is 1.19. The second-order valence-corrected chi connectivity index (χ2v) is 12.5. The van der Waals surface area contributed by atoms with Crippen LogP contribution in [0.5, 0.6) is 0 Å². The van der Waals surface area contributed by atoms with Gasteiger partial charge >= 0.3 is 0 Å². The molecule has 4 nitrogen and oxygen atoms in total. The van der Waals surface area contributed by atoms with Crippen LogP contribution in [-0.2, 0) is 0 Å². The van der Waals surface area contributed by atoms with Gasteiger partial charge in [-0.3, -0.25) is 0 Å². The number of aromatic nitrogens is 1. The van der Waals surface area contributed by atoms with Crippen molar-refractivity contribution in [2.45, 2.75) is 12.0 Å². The standard InChI is InChI=1S/C42H26N2O2/c1-5-13-34-27(9-1)32-21-22-36-41(42(32)44(34)26-18-20-31-29-11-4-8-16-38(29)46-40(31)24-26)33-12-2-6-14-35(33)43(36)25-17-19-30-28-10-3-7-15-37(28)45-39(30)23-25/h1-24,33,35H. The van der Waals surface area contributed by atoms with Gasteiger partial charge in [-0.2, -0.15) is 0 Å². The van der Waals surface area contributed by atoms with Crippen molar-refractivity contribution in [3.63, 3.8) is 0 Å². The predicted octanol–water partition coefficient (Wildman–Crippen LogP) is 11.3. The zero-order chi connectivity index (χ0) is 29.9. The van der Waals surface area contributed by atoms with Crippen LogP contribution in [-0.4, -0.2) is 10.6 Å². The molecular weight excluding hydrogens is 564 g/mol. The van der Waals surface area contributed by atoms with E-state index in [9.17, 15) is 0 Å². The number of hydrogen-bond acceptors (Lipinski definition) is 3. The molecule has 0 N–H and O–H groups in total. The Morgan fingerprint density at radius 1 is 0.478 bits per heavy atom. The lowest BCUT2D eigenvalue weighted by molar-refractivity contribution is 0.668. The topological polar surface area (TPSA) is 34.5 Å². The van der Waals surface area contributed by atoms with Gasteiger partial charge in [0.25, 0.3) is 0 Å². The van der Waals surface area contributed by atoms with Crippen molar-refractivity contribution in [3.8, 4) is 5.69 Å². The number of allylic oxidation sites excluding steroid dienone is 2. The van der Waals surface area contributed by atoms with E-state index in [-0.39, 0.29) is 12.0 Å². The lowest BCUT2D eigenvalue weighted by Gasteiger charge is -2.28. The van der Waals surface area contributed by atoms with Crippen molar-refractivity contribution in [1.29, 1.82) is 0 Å². The van der Waals surface area contributed by atoms with Crippen molar-refractivity contribution in [2.24, 2.45) is 0 Å². The van der Waals surface area contributed by atoms with Gasteiger partial charge in [0.15, 0.2) is 0 Å². The minimum atomic E-state index is 0.150. The summed E-state index contributed by atoms with van der Waals surface area (Å²) in [4.78, 5) is 2.50. The maximum atomic E-state index is 6.37. The SMILES string of the molecule is C1=CC2c3c(ccc4c5ccccc5n(-c5ccc6c(c5)oc5ccccc56)c34)N(c3ccc4c(c3)oc3ccccc34)C2C=C1. The highest BCUT2D eigenvalue weighted by Gasteiger charge is 2.40. The van der Waals surface area contributed by atoms with E-state index in [1.54, 1.807) is 0 Å². The summed E-state index contributed by atoms with van der Waals surface area (Å²) < 4.78 is 15.2. The lowest BCUT2D eigenvalue weighted by Crippen LogP contribution is -2.28. The summed E-state index contributed by atoms with van der Waals surface area (Å²) >= 11 is 0. The normalized spacial score (nSPS) is 17.3. The average Bonchev–Trinajstić information content (AvgIpc) is 3.84. The Kier molecular flexibility index (Phi) is 4.66. The third-order valence-corrected chi connectivity index (χ3v) is 10.1. The summed E-state index contributed by atoms with van der Waals surface area (Å²) in [6.07, 6.45) is 9.09. The Hall–Kier alpha value is -6.00. The summed E-state index contributed by atoms with van der Waals surface area (Å²) in [5, 5.41) is 7.08. The molecule has 3 aromatic heterocycles. The molecule has 11 rings (SSSR count). The molecule has 0 spiro atoms. The van der Waals surface area contributed by atoms with E-state index in [0.29, 0.717) is 0 Å². The number of hydrogen-bond donors (Lipinski definition) is 0. The van der Waals surface area contributed by atoms with E-state index in [0.717, 1.165) is 55.3 Å². The average molecular weight is 591 g/mol. The van der Waals surface area contributed by atoms with Gasteiger partial charge in [-0.25, -0.2) is 0 Å². The van der Waals surface area contributed by atoms with E-state index in [1.165, 1.54) is 33.1 Å². The molecule has 0 saturated carbocycles. The predicted molar refractivity (Wildman–Crippen MR) is 189 cm³/mol. The second kappa shape index (κ2) is 8.80. The Labute approximate surface area is 263 Å². The van der Waals surface area contributed by atoms with Crippen molar-refractivity contribution >= 4 is 77.1 Å². The van der Waals surface area contributed by atoms with E-state index in [1.807, 2.05) is 24.3 Å². The highest BCUT2D eigenvalue weighted by atomic mass is 16.3. The Morgan fingerprint density at radius 2 is 1.07 bits per heavy atom. The van der Waals surface area contributed by atoms with Crippen LogP contribution in [0, 0.1) is 0 Å². The minimum Gasteiger partial charge on any atom is -0.456 e. The maximum absolute atomic E-state index is 6.37. The molecule has 4 heterocycles. The molecule has 0 amide bonds. The molecule has 6 aromatic carbocycles. The largest absolute Gasteiger partial charge is 0.456 e. The quantitative estimate of drug-likeness (QED) is 0.201. The van der Waals surface area contributed by atoms with Gasteiger partial charge in [0.2, 0.25) is 0 Å². The van der Waals surface area contributed by atoms with Crippen LogP contribution in [0.25, 0.3) is 71.4 Å². The number of fused-ring (bicyclic) bond motifs is 13. The molecule has 4 heteroatoms. The van der Waals surface area contributed by atoms with Gasteiger partial charge in [0.1, 0.15) is 22.3 Å². The van der Waals surface area contributed by atoms with Crippen molar-refractivity contribution < 1.29 is 8.83 Å². The molecule has 0 radical (unpaired) electrons. The fraction of sp³-hybridized carbons (Fsp3) is 0.0476. The molecule has 0 fully saturated rings. The number of benzene rings is 6. The Morgan fingerprint density at radius 3 is 1.83 bits per heavy atom. The first-order chi connectivity index (χ1) is 22.8. The van der Waals surface area contributed by atoms with Crippen molar-refractivity contribution in [1.82, 2.24) is 4.57 Å². The first-order valence-electron chi connectivity index (χ1n) is 15.9. The molecule has 0 bridgehead atoms. The fourth-order valence-electron chi connectivity index (χ4n) is 8.18. The van der Waals surface area contributed by atoms with E-state index in [4.69, 9.17) is 8.83 Å². The molecule has 216 valence electrons. The van der Waals surface area contributed by atoms with Gasteiger partial charge in [0, 0.05) is 73.0 Å². The fourth-order valence-corrected chi connectivity index (χ4v) is 8.18. The van der Waals surface area contributed by atoms with Gasteiger partial charge in [-0.05, 0) is 48.5 Å². The van der Waals surface area contributed by atoms with Crippen LogP contribution in [0.1, 0.15) is 11.5 Å². The maximum Gasteiger partial charge on any atom is 0.137 e. The molecule has 9 aromatic rings. The zero-order valence-electron chi connectivity index (χ0n) is 24.7. The van der Waals surface area contributed by atoms with Crippen LogP contribution >= 0.6 is 0 Å². The molecule has 2 atom stereocenters. The molecule has 2 unspecified atom stereocenters. The summed E-state index contributed by atoms with van der Waals surface area (Å²) in [6.45, 7) is 0. The molecule has 0 saturated heterocycles. The molecular formula is C42H26N2O2. The third kappa shape index (κ3) is 3.13. The molecule has 46 heavy (non-hydrogen) atoms. The molecule has 1 aliphatic heterocycles. The van der Waals surface area contributed by atoms with E-state index >= 15 is 0 Å². The van der Waals surface area contributed by atoms with E-state index in [2.05, 4.69) is 131 Å². The lowest BCUT2D eigenvalue weighted by atomic mass is 9.90. The minimum absolute atomic E-state index is 0.150. The van der Waals surface area contributed by atoms with Gasteiger partial charge in [0.05, 0.1) is 17.1 Å². The third-order valence-electron chi connectivity index (χ3n) is 10.1. The number of anilines is 2. The first kappa shape index (κ1) is 24.3. The van der Waals surface area contributed by atoms with Gasteiger partial charge in [-0.1, -0.05) is 85.0 Å². The molecule has 1 aliphatic carbocycles. The summed E-state index contributed by atoms with van der Waals surface area (Å²) in [6, 6.07) is 43.4. The zero-order valence-corrected chi connectivity index (χ0v) is 24.7. The van der Waals surface area contributed by atoms with Crippen LogP contribution in [0.3, 0.4) is 0 Å².